The predicted molar refractivity (Wildman–Crippen MR) is 64.3 cm³/mol. The lowest BCUT2D eigenvalue weighted by Gasteiger charge is -2.41. The average molecular weight is 225 g/mol. The second kappa shape index (κ2) is 4.00. The second-order valence-corrected chi connectivity index (χ2v) is 5.54. The first-order chi connectivity index (χ1) is 7.47. The van der Waals surface area contributed by atoms with Crippen molar-refractivity contribution < 1.29 is 4.79 Å². The highest BCUT2D eigenvalue weighted by molar-refractivity contribution is 5.89. The first kappa shape index (κ1) is 11.9. The van der Waals surface area contributed by atoms with Crippen LogP contribution in [0.2, 0.25) is 0 Å². The van der Waals surface area contributed by atoms with Gasteiger partial charge in [0.25, 0.3) is 0 Å². The third kappa shape index (κ3) is 1.84. The van der Waals surface area contributed by atoms with Crippen molar-refractivity contribution in [2.45, 2.75) is 31.3 Å². The van der Waals surface area contributed by atoms with Gasteiger partial charge >= 0.3 is 0 Å². The fourth-order valence-electron chi connectivity index (χ4n) is 2.68. The highest BCUT2D eigenvalue weighted by Gasteiger charge is 2.54. The Balaban J connectivity index is 2.05. The van der Waals surface area contributed by atoms with Gasteiger partial charge in [-0.1, -0.05) is 0 Å². The van der Waals surface area contributed by atoms with Crippen LogP contribution < -0.4 is 0 Å². The van der Waals surface area contributed by atoms with E-state index in [0.29, 0.717) is 11.9 Å². The molecule has 1 aliphatic heterocycles. The van der Waals surface area contributed by atoms with Gasteiger partial charge in [-0.15, -0.1) is 0 Å². The zero-order chi connectivity index (χ0) is 11.9. The molecule has 92 valence electrons. The molecule has 1 heterocycles. The Morgan fingerprint density at radius 2 is 1.94 bits per heavy atom. The molecule has 0 spiro atoms. The lowest BCUT2D eigenvalue weighted by molar-refractivity contribution is -0.142. The normalized spacial score (nSPS) is 29.6. The van der Waals surface area contributed by atoms with Crippen LogP contribution in [0, 0.1) is 0 Å². The van der Waals surface area contributed by atoms with E-state index in [0.717, 1.165) is 32.5 Å². The van der Waals surface area contributed by atoms with Gasteiger partial charge in [-0.05, 0) is 40.9 Å². The number of likely N-dealkylation sites (N-methyl/N-ethyl adjacent to an activating group) is 2. The van der Waals surface area contributed by atoms with Crippen LogP contribution in [-0.2, 0) is 4.79 Å². The SMILES string of the molecule is CC1CN(C)CCN1C(=O)C1(N(C)C)CC1. The van der Waals surface area contributed by atoms with E-state index in [1.807, 2.05) is 14.1 Å². The van der Waals surface area contributed by atoms with E-state index in [9.17, 15) is 4.79 Å². The molecule has 0 radical (unpaired) electrons. The number of rotatable bonds is 2. The van der Waals surface area contributed by atoms with Gasteiger partial charge in [0.15, 0.2) is 0 Å². The summed E-state index contributed by atoms with van der Waals surface area (Å²) in [5, 5.41) is 0. The highest BCUT2D eigenvalue weighted by Crippen LogP contribution is 2.42. The molecule has 0 aromatic carbocycles. The Morgan fingerprint density at radius 1 is 1.31 bits per heavy atom. The Bertz CT molecular complexity index is 286. The molecule has 0 aromatic heterocycles. The van der Waals surface area contributed by atoms with Crippen LogP contribution in [0.15, 0.2) is 0 Å². The predicted octanol–water partition coefficient (Wildman–Crippen LogP) is 0.243. The smallest absolute Gasteiger partial charge is 0.243 e. The Hall–Kier alpha value is -0.610. The summed E-state index contributed by atoms with van der Waals surface area (Å²) in [6.45, 7) is 5.03. The van der Waals surface area contributed by atoms with Crippen LogP contribution in [0.1, 0.15) is 19.8 Å². The first-order valence-electron chi connectivity index (χ1n) is 6.14. The third-order valence-electron chi connectivity index (χ3n) is 4.07. The fourth-order valence-corrected chi connectivity index (χ4v) is 2.68. The molecule has 1 aliphatic carbocycles. The molecule has 0 aromatic rings. The Labute approximate surface area is 98.2 Å². The van der Waals surface area contributed by atoms with Crippen molar-refractivity contribution in [2.75, 3.05) is 40.8 Å². The minimum Gasteiger partial charge on any atom is -0.336 e. The van der Waals surface area contributed by atoms with Crippen molar-refractivity contribution >= 4 is 5.91 Å². The van der Waals surface area contributed by atoms with E-state index < -0.39 is 0 Å². The monoisotopic (exact) mass is 225 g/mol. The quantitative estimate of drug-likeness (QED) is 0.674. The van der Waals surface area contributed by atoms with Gasteiger partial charge in [-0.3, -0.25) is 9.69 Å². The fraction of sp³-hybridized carbons (Fsp3) is 0.917. The molecular weight excluding hydrogens is 202 g/mol. The number of piperazine rings is 1. The summed E-state index contributed by atoms with van der Waals surface area (Å²) in [7, 11) is 6.16. The summed E-state index contributed by atoms with van der Waals surface area (Å²) in [5.74, 6) is 0.345. The first-order valence-corrected chi connectivity index (χ1v) is 6.14. The molecule has 0 N–H and O–H groups in total. The molecule has 16 heavy (non-hydrogen) atoms. The van der Waals surface area contributed by atoms with Crippen LogP contribution in [0.3, 0.4) is 0 Å². The lowest BCUT2D eigenvalue weighted by atomic mass is 10.1. The average Bonchev–Trinajstić information content (AvgIpc) is 2.97. The van der Waals surface area contributed by atoms with Crippen molar-refractivity contribution in [3.8, 4) is 0 Å². The van der Waals surface area contributed by atoms with Crippen molar-refractivity contribution in [1.29, 1.82) is 0 Å². The molecule has 1 amide bonds. The van der Waals surface area contributed by atoms with Gasteiger partial charge in [0.05, 0.1) is 0 Å². The summed E-state index contributed by atoms with van der Waals surface area (Å²) in [5.41, 5.74) is -0.163. The molecule has 1 atom stereocenters. The van der Waals surface area contributed by atoms with Gasteiger partial charge in [-0.25, -0.2) is 0 Å². The minimum absolute atomic E-state index is 0.163. The number of nitrogens with zero attached hydrogens (tertiary/aromatic N) is 3. The van der Waals surface area contributed by atoms with E-state index in [1.165, 1.54) is 0 Å². The van der Waals surface area contributed by atoms with E-state index in [2.05, 4.69) is 28.7 Å². The van der Waals surface area contributed by atoms with Crippen LogP contribution >= 0.6 is 0 Å². The number of amides is 1. The highest BCUT2D eigenvalue weighted by atomic mass is 16.2. The maximum atomic E-state index is 12.5. The van der Waals surface area contributed by atoms with Gasteiger partial charge in [0.1, 0.15) is 5.54 Å². The molecule has 0 bridgehead atoms. The Morgan fingerprint density at radius 3 is 2.38 bits per heavy atom. The maximum absolute atomic E-state index is 12.5. The van der Waals surface area contributed by atoms with Gasteiger partial charge in [0.2, 0.25) is 5.91 Å². The Kier molecular flexibility index (Phi) is 2.97. The maximum Gasteiger partial charge on any atom is 0.243 e. The van der Waals surface area contributed by atoms with Gasteiger partial charge in [-0.2, -0.15) is 0 Å². The van der Waals surface area contributed by atoms with E-state index in [1.54, 1.807) is 0 Å². The molecule has 2 aliphatic rings. The second-order valence-electron chi connectivity index (χ2n) is 5.54. The van der Waals surface area contributed by atoms with Crippen molar-refractivity contribution in [1.82, 2.24) is 14.7 Å². The molecule has 4 heteroatoms. The van der Waals surface area contributed by atoms with Crippen LogP contribution in [0.25, 0.3) is 0 Å². The topological polar surface area (TPSA) is 26.8 Å². The lowest BCUT2D eigenvalue weighted by Crippen LogP contribution is -2.58. The van der Waals surface area contributed by atoms with Crippen LogP contribution in [-0.4, -0.2) is 73.0 Å². The summed E-state index contributed by atoms with van der Waals surface area (Å²) in [4.78, 5) is 19.0. The molecular formula is C12H23N3O. The van der Waals surface area contributed by atoms with Gasteiger partial charge < -0.3 is 9.80 Å². The summed E-state index contributed by atoms with van der Waals surface area (Å²) < 4.78 is 0. The van der Waals surface area contributed by atoms with Gasteiger partial charge in [0, 0.05) is 25.7 Å². The molecule has 1 unspecified atom stereocenters. The summed E-state index contributed by atoms with van der Waals surface area (Å²) in [6.07, 6.45) is 2.05. The third-order valence-corrected chi connectivity index (χ3v) is 4.07. The van der Waals surface area contributed by atoms with E-state index >= 15 is 0 Å². The molecule has 2 rings (SSSR count). The molecule has 1 saturated heterocycles. The standard InChI is InChI=1S/C12H23N3O/c1-10-9-14(4)7-8-15(10)11(16)12(5-6-12)13(2)3/h10H,5-9H2,1-4H3. The zero-order valence-electron chi connectivity index (χ0n) is 10.9. The molecule has 1 saturated carbocycles. The van der Waals surface area contributed by atoms with Crippen molar-refractivity contribution in [3.63, 3.8) is 0 Å². The number of hydrogen-bond acceptors (Lipinski definition) is 3. The van der Waals surface area contributed by atoms with E-state index in [-0.39, 0.29) is 5.54 Å². The van der Waals surface area contributed by atoms with E-state index in [4.69, 9.17) is 0 Å². The van der Waals surface area contributed by atoms with Crippen molar-refractivity contribution in [3.05, 3.63) is 0 Å². The summed E-state index contributed by atoms with van der Waals surface area (Å²) >= 11 is 0. The van der Waals surface area contributed by atoms with Crippen LogP contribution in [0.4, 0.5) is 0 Å². The molecule has 2 fully saturated rings. The van der Waals surface area contributed by atoms with Crippen molar-refractivity contribution in [2.24, 2.45) is 0 Å². The largest absolute Gasteiger partial charge is 0.336 e. The number of hydrogen-bond donors (Lipinski definition) is 0. The zero-order valence-corrected chi connectivity index (χ0v) is 10.9. The number of carbonyl (C=O) groups excluding carboxylic acids is 1. The molecule has 4 nitrogen and oxygen atoms in total. The minimum atomic E-state index is -0.163. The summed E-state index contributed by atoms with van der Waals surface area (Å²) in [6, 6.07) is 0.351. The number of carbonyl (C=O) groups is 1. The van der Waals surface area contributed by atoms with Crippen LogP contribution in [0.5, 0.6) is 0 Å².